The van der Waals surface area contributed by atoms with E-state index in [1.807, 2.05) is 0 Å². The zero-order valence-corrected chi connectivity index (χ0v) is 9.75. The molecule has 1 atom stereocenters. The first-order valence-corrected chi connectivity index (χ1v) is 5.90. The van der Waals surface area contributed by atoms with E-state index in [2.05, 4.69) is 10.3 Å². The van der Waals surface area contributed by atoms with E-state index in [0.29, 0.717) is 5.69 Å². The molecular formula is C11H15F4N3. The average molecular weight is 265 g/mol. The average Bonchev–Trinajstić information content (AvgIpc) is 2.77. The van der Waals surface area contributed by atoms with E-state index < -0.39 is 18.9 Å². The molecule has 7 heteroatoms. The van der Waals surface area contributed by atoms with Crippen molar-refractivity contribution in [3.8, 4) is 0 Å². The number of imidazole rings is 1. The van der Waals surface area contributed by atoms with Crippen LogP contribution in [-0.4, -0.2) is 28.4 Å². The molecule has 2 rings (SSSR count). The molecule has 1 fully saturated rings. The summed E-state index contributed by atoms with van der Waals surface area (Å²) < 4.78 is 51.6. The second-order valence-corrected chi connectivity index (χ2v) is 4.51. The van der Waals surface area contributed by atoms with Gasteiger partial charge in [0.25, 0.3) is 0 Å². The minimum Gasteiger partial charge on any atom is -0.327 e. The summed E-state index contributed by atoms with van der Waals surface area (Å²) in [5.41, 5.74) is 0.551. The maximum absolute atomic E-state index is 13.0. The van der Waals surface area contributed by atoms with Crippen molar-refractivity contribution >= 4 is 0 Å². The quantitative estimate of drug-likeness (QED) is 0.848. The van der Waals surface area contributed by atoms with Gasteiger partial charge in [-0.15, -0.1) is 0 Å². The van der Waals surface area contributed by atoms with E-state index in [1.165, 1.54) is 12.5 Å². The third-order valence-corrected chi connectivity index (χ3v) is 3.11. The molecule has 0 aliphatic carbocycles. The topological polar surface area (TPSA) is 29.9 Å². The molecule has 0 bridgehead atoms. The molecule has 3 nitrogen and oxygen atoms in total. The summed E-state index contributed by atoms with van der Waals surface area (Å²) in [5.74, 6) is -4.02. The van der Waals surface area contributed by atoms with Gasteiger partial charge in [0, 0.05) is 12.2 Å². The molecule has 0 aromatic carbocycles. The summed E-state index contributed by atoms with van der Waals surface area (Å²) in [4.78, 5) is 3.79. The molecular weight excluding hydrogens is 250 g/mol. The fourth-order valence-electron chi connectivity index (χ4n) is 2.15. The molecule has 2 heterocycles. The highest BCUT2D eigenvalue weighted by atomic mass is 19.3. The van der Waals surface area contributed by atoms with Crippen LogP contribution in [0.2, 0.25) is 0 Å². The summed E-state index contributed by atoms with van der Waals surface area (Å²) in [7, 11) is 0. The maximum atomic E-state index is 13.0. The third kappa shape index (κ3) is 2.82. The second kappa shape index (κ2) is 5.26. The van der Waals surface area contributed by atoms with Crippen LogP contribution in [0.1, 0.15) is 31.0 Å². The Labute approximate surface area is 102 Å². The van der Waals surface area contributed by atoms with Crippen LogP contribution < -0.4 is 5.32 Å². The van der Waals surface area contributed by atoms with Crippen LogP contribution >= 0.6 is 0 Å². The van der Waals surface area contributed by atoms with Crippen LogP contribution in [0, 0.1) is 0 Å². The van der Waals surface area contributed by atoms with Crippen molar-refractivity contribution in [3.05, 3.63) is 18.2 Å². The lowest BCUT2D eigenvalue weighted by Crippen LogP contribution is -2.34. The predicted molar refractivity (Wildman–Crippen MR) is 57.8 cm³/mol. The van der Waals surface area contributed by atoms with Crippen LogP contribution in [0.3, 0.4) is 0 Å². The Hall–Kier alpha value is -1.11. The van der Waals surface area contributed by atoms with Crippen molar-refractivity contribution in [1.29, 1.82) is 0 Å². The van der Waals surface area contributed by atoms with E-state index in [0.717, 1.165) is 30.4 Å². The molecule has 1 saturated heterocycles. The van der Waals surface area contributed by atoms with Crippen LogP contribution in [0.5, 0.6) is 0 Å². The van der Waals surface area contributed by atoms with E-state index in [-0.39, 0.29) is 6.04 Å². The van der Waals surface area contributed by atoms with Gasteiger partial charge in [-0.05, 0) is 19.4 Å². The fraction of sp³-hybridized carbons (Fsp3) is 0.727. The molecule has 0 radical (unpaired) electrons. The van der Waals surface area contributed by atoms with Gasteiger partial charge in [-0.2, -0.15) is 8.78 Å². The van der Waals surface area contributed by atoms with E-state index >= 15 is 0 Å². The van der Waals surface area contributed by atoms with Crippen molar-refractivity contribution < 1.29 is 17.6 Å². The molecule has 1 aromatic rings. The number of alkyl halides is 4. The standard InChI is InChI=1S/C11H15F4N3/c12-10(13)11(14,15)6-18-7-16-5-9(18)8-3-1-2-4-17-8/h5,7-8,10,17H,1-4,6H2. The van der Waals surface area contributed by atoms with Gasteiger partial charge >= 0.3 is 12.3 Å². The SMILES string of the molecule is FC(F)C(F)(F)Cn1cncc1C1CCCCN1. The Bertz CT molecular complexity index is 385. The molecule has 0 amide bonds. The largest absolute Gasteiger partial charge is 0.327 e. The van der Waals surface area contributed by atoms with Crippen molar-refractivity contribution in [2.24, 2.45) is 0 Å². The minimum atomic E-state index is -4.02. The van der Waals surface area contributed by atoms with Gasteiger partial charge in [-0.3, -0.25) is 0 Å². The van der Waals surface area contributed by atoms with Gasteiger partial charge in [-0.1, -0.05) is 6.42 Å². The Balaban J connectivity index is 2.12. The number of aromatic nitrogens is 2. The van der Waals surface area contributed by atoms with Crippen molar-refractivity contribution in [1.82, 2.24) is 14.9 Å². The first-order chi connectivity index (χ1) is 8.50. The number of nitrogens with one attached hydrogen (secondary N) is 1. The molecule has 1 aliphatic rings. The molecule has 0 spiro atoms. The van der Waals surface area contributed by atoms with Gasteiger partial charge in [-0.25, -0.2) is 13.8 Å². The lowest BCUT2D eigenvalue weighted by molar-refractivity contribution is -0.138. The lowest BCUT2D eigenvalue weighted by atomic mass is 10.0. The van der Waals surface area contributed by atoms with Crippen molar-refractivity contribution in [2.45, 2.75) is 44.2 Å². The molecule has 102 valence electrons. The smallest absolute Gasteiger partial charge is 0.324 e. The first kappa shape index (κ1) is 13.3. The highest BCUT2D eigenvalue weighted by Crippen LogP contribution is 2.28. The van der Waals surface area contributed by atoms with Gasteiger partial charge < -0.3 is 9.88 Å². The predicted octanol–water partition coefficient (Wildman–Crippen LogP) is 2.60. The van der Waals surface area contributed by atoms with Crippen LogP contribution in [0.25, 0.3) is 0 Å². The first-order valence-electron chi connectivity index (χ1n) is 5.90. The van der Waals surface area contributed by atoms with Crippen molar-refractivity contribution in [3.63, 3.8) is 0 Å². The summed E-state index contributed by atoms with van der Waals surface area (Å²) in [6.45, 7) is -0.223. The summed E-state index contributed by atoms with van der Waals surface area (Å²) in [5, 5.41) is 3.18. The summed E-state index contributed by atoms with van der Waals surface area (Å²) >= 11 is 0. The Morgan fingerprint density at radius 2 is 2.22 bits per heavy atom. The zero-order chi connectivity index (χ0) is 13.2. The lowest BCUT2D eigenvalue weighted by Gasteiger charge is -2.25. The molecule has 1 aliphatic heterocycles. The number of hydrogen-bond donors (Lipinski definition) is 1. The number of piperidine rings is 1. The normalized spacial score (nSPS) is 21.5. The molecule has 1 N–H and O–H groups in total. The molecule has 1 unspecified atom stereocenters. The Kier molecular flexibility index (Phi) is 3.89. The van der Waals surface area contributed by atoms with E-state index in [9.17, 15) is 17.6 Å². The van der Waals surface area contributed by atoms with Gasteiger partial charge in [0.1, 0.15) is 0 Å². The summed E-state index contributed by atoms with van der Waals surface area (Å²) in [6, 6.07) is -0.0743. The second-order valence-electron chi connectivity index (χ2n) is 4.51. The third-order valence-electron chi connectivity index (χ3n) is 3.11. The number of hydrogen-bond acceptors (Lipinski definition) is 2. The Morgan fingerprint density at radius 3 is 2.83 bits per heavy atom. The summed E-state index contributed by atoms with van der Waals surface area (Å²) in [6.07, 6.45) is 1.83. The molecule has 0 saturated carbocycles. The number of rotatable bonds is 4. The maximum Gasteiger partial charge on any atom is 0.324 e. The highest BCUT2D eigenvalue weighted by Gasteiger charge is 2.41. The van der Waals surface area contributed by atoms with Crippen LogP contribution in [0.15, 0.2) is 12.5 Å². The highest BCUT2D eigenvalue weighted by molar-refractivity contribution is 5.07. The Morgan fingerprint density at radius 1 is 1.44 bits per heavy atom. The molecule has 1 aromatic heterocycles. The fourth-order valence-corrected chi connectivity index (χ4v) is 2.15. The van der Waals surface area contributed by atoms with E-state index in [1.54, 1.807) is 0 Å². The van der Waals surface area contributed by atoms with Gasteiger partial charge in [0.2, 0.25) is 0 Å². The van der Waals surface area contributed by atoms with Crippen LogP contribution in [-0.2, 0) is 6.54 Å². The number of halogens is 4. The number of nitrogens with zero attached hydrogens (tertiary/aromatic N) is 2. The van der Waals surface area contributed by atoms with Gasteiger partial charge in [0.15, 0.2) is 0 Å². The monoisotopic (exact) mass is 265 g/mol. The molecule has 18 heavy (non-hydrogen) atoms. The van der Waals surface area contributed by atoms with Crippen LogP contribution in [0.4, 0.5) is 17.6 Å². The van der Waals surface area contributed by atoms with Crippen molar-refractivity contribution in [2.75, 3.05) is 6.54 Å². The van der Waals surface area contributed by atoms with E-state index in [4.69, 9.17) is 0 Å². The van der Waals surface area contributed by atoms with Gasteiger partial charge in [0.05, 0.1) is 18.6 Å². The minimum absolute atomic E-state index is 0.0743. The zero-order valence-electron chi connectivity index (χ0n) is 9.75.